The normalized spacial score (nSPS) is 61.2. The number of aliphatic hydroxyl groups is 2. The summed E-state index contributed by atoms with van der Waals surface area (Å²) >= 11 is 0. The van der Waals surface area contributed by atoms with Crippen LogP contribution in [0.4, 0.5) is 0 Å². The van der Waals surface area contributed by atoms with E-state index in [1.165, 1.54) is 38.5 Å². The van der Waals surface area contributed by atoms with Gasteiger partial charge in [0.1, 0.15) is 0 Å². The van der Waals surface area contributed by atoms with Gasteiger partial charge in [-0.1, -0.05) is 13.8 Å². The summed E-state index contributed by atoms with van der Waals surface area (Å²) in [5, 5.41) is 21.0. The van der Waals surface area contributed by atoms with Gasteiger partial charge in [0.25, 0.3) is 0 Å². The molecular weight excluding hydrogens is 272 g/mol. The minimum Gasteiger partial charge on any atom is -0.393 e. The van der Waals surface area contributed by atoms with Crippen LogP contribution in [-0.4, -0.2) is 21.9 Å². The molecule has 4 aliphatic rings. The van der Waals surface area contributed by atoms with Gasteiger partial charge in [0, 0.05) is 0 Å². The van der Waals surface area contributed by atoms with E-state index in [1.807, 2.05) is 6.92 Å². The van der Waals surface area contributed by atoms with Crippen molar-refractivity contribution in [2.24, 2.45) is 34.5 Å². The molecule has 0 heterocycles. The molecule has 0 aromatic rings. The molecule has 3 unspecified atom stereocenters. The van der Waals surface area contributed by atoms with Crippen LogP contribution in [-0.2, 0) is 0 Å². The van der Waals surface area contributed by atoms with Crippen LogP contribution in [0.3, 0.4) is 0 Å². The van der Waals surface area contributed by atoms with Crippen molar-refractivity contribution in [2.75, 3.05) is 0 Å². The lowest BCUT2D eigenvalue weighted by atomic mass is 9.44. The molecule has 0 spiro atoms. The Labute approximate surface area is 135 Å². The van der Waals surface area contributed by atoms with Gasteiger partial charge in [-0.15, -0.1) is 0 Å². The summed E-state index contributed by atoms with van der Waals surface area (Å²) in [5.41, 5.74) is 0.217. The average Bonchev–Trinajstić information content (AvgIpc) is 2.76. The van der Waals surface area contributed by atoms with Crippen molar-refractivity contribution in [1.29, 1.82) is 0 Å². The minimum atomic E-state index is -0.427. The molecule has 2 nitrogen and oxygen atoms in total. The number of fused-ring (bicyclic) bond motifs is 5. The predicted molar refractivity (Wildman–Crippen MR) is 88.4 cm³/mol. The highest BCUT2D eigenvalue weighted by molar-refractivity contribution is 5.10. The molecular formula is C20H34O2. The number of hydrogen-bond acceptors (Lipinski definition) is 2. The molecule has 2 N–H and O–H groups in total. The van der Waals surface area contributed by atoms with Gasteiger partial charge < -0.3 is 10.2 Å². The van der Waals surface area contributed by atoms with Crippen molar-refractivity contribution in [1.82, 2.24) is 0 Å². The minimum absolute atomic E-state index is 0.0592. The molecule has 0 radical (unpaired) electrons. The van der Waals surface area contributed by atoms with Gasteiger partial charge in [-0.05, 0) is 99.2 Å². The van der Waals surface area contributed by atoms with Crippen LogP contribution in [0, 0.1) is 34.5 Å². The summed E-state index contributed by atoms with van der Waals surface area (Å²) in [6, 6.07) is 0. The van der Waals surface area contributed by atoms with E-state index in [2.05, 4.69) is 13.8 Å². The van der Waals surface area contributed by atoms with Crippen LogP contribution in [0.25, 0.3) is 0 Å². The first-order valence-corrected chi connectivity index (χ1v) is 9.67. The molecule has 4 aliphatic carbocycles. The number of hydrogen-bond donors (Lipinski definition) is 2. The Morgan fingerprint density at radius 2 is 1.50 bits per heavy atom. The second-order valence-corrected chi connectivity index (χ2v) is 10.00. The van der Waals surface area contributed by atoms with Gasteiger partial charge >= 0.3 is 0 Å². The average molecular weight is 306 g/mol. The molecule has 0 aromatic heterocycles. The summed E-state index contributed by atoms with van der Waals surface area (Å²) in [5.74, 6) is 3.14. The maximum atomic E-state index is 10.5. The molecule has 4 fully saturated rings. The molecule has 126 valence electrons. The Bertz CT molecular complexity index is 459. The highest BCUT2D eigenvalue weighted by Crippen LogP contribution is 2.66. The highest BCUT2D eigenvalue weighted by atomic mass is 16.3. The molecule has 0 saturated heterocycles. The van der Waals surface area contributed by atoms with Crippen molar-refractivity contribution < 1.29 is 10.2 Å². The van der Waals surface area contributed by atoms with Crippen molar-refractivity contribution in [3.8, 4) is 0 Å². The topological polar surface area (TPSA) is 40.5 Å². The Kier molecular flexibility index (Phi) is 3.32. The highest BCUT2D eigenvalue weighted by Gasteiger charge is 2.60. The molecule has 2 heteroatoms. The van der Waals surface area contributed by atoms with E-state index in [1.54, 1.807) is 0 Å². The smallest absolute Gasteiger partial charge is 0.0622 e. The fraction of sp³-hybridized carbons (Fsp3) is 1.00. The zero-order valence-electron chi connectivity index (χ0n) is 14.6. The van der Waals surface area contributed by atoms with Crippen LogP contribution in [0.2, 0.25) is 0 Å². The third-order valence-corrected chi connectivity index (χ3v) is 8.90. The van der Waals surface area contributed by atoms with Crippen molar-refractivity contribution in [3.63, 3.8) is 0 Å². The monoisotopic (exact) mass is 306 g/mol. The van der Waals surface area contributed by atoms with Crippen molar-refractivity contribution in [2.45, 2.75) is 90.3 Å². The Hall–Kier alpha value is -0.0800. The van der Waals surface area contributed by atoms with Crippen molar-refractivity contribution in [3.05, 3.63) is 0 Å². The zero-order valence-corrected chi connectivity index (χ0v) is 14.6. The van der Waals surface area contributed by atoms with E-state index in [-0.39, 0.29) is 11.5 Å². The Balaban J connectivity index is 1.62. The lowest BCUT2D eigenvalue weighted by Gasteiger charge is -2.61. The second-order valence-electron chi connectivity index (χ2n) is 10.00. The van der Waals surface area contributed by atoms with Crippen LogP contribution in [0.5, 0.6) is 0 Å². The quantitative estimate of drug-likeness (QED) is 0.706. The van der Waals surface area contributed by atoms with Gasteiger partial charge in [-0.2, -0.15) is 0 Å². The molecule has 0 aromatic carbocycles. The number of rotatable bonds is 0. The molecule has 8 atom stereocenters. The summed E-state index contributed by atoms with van der Waals surface area (Å²) < 4.78 is 0. The fourth-order valence-corrected chi connectivity index (χ4v) is 7.40. The Morgan fingerprint density at radius 1 is 0.773 bits per heavy atom. The lowest BCUT2D eigenvalue weighted by Crippen LogP contribution is -2.55. The first-order valence-electron chi connectivity index (χ1n) is 9.67. The van der Waals surface area contributed by atoms with Gasteiger partial charge in [0.15, 0.2) is 0 Å². The third kappa shape index (κ3) is 1.99. The molecule has 4 saturated carbocycles. The van der Waals surface area contributed by atoms with E-state index >= 15 is 0 Å². The van der Waals surface area contributed by atoms with E-state index in [0.29, 0.717) is 11.3 Å². The van der Waals surface area contributed by atoms with Gasteiger partial charge in [0.2, 0.25) is 0 Å². The van der Waals surface area contributed by atoms with E-state index < -0.39 is 5.60 Å². The van der Waals surface area contributed by atoms with E-state index in [9.17, 15) is 10.2 Å². The predicted octanol–water partition coefficient (Wildman–Crippen LogP) is 4.14. The van der Waals surface area contributed by atoms with Crippen LogP contribution < -0.4 is 0 Å². The third-order valence-electron chi connectivity index (χ3n) is 8.90. The maximum Gasteiger partial charge on any atom is 0.0622 e. The zero-order chi connectivity index (χ0) is 15.8. The van der Waals surface area contributed by atoms with Gasteiger partial charge in [0.05, 0.1) is 11.7 Å². The molecule has 22 heavy (non-hydrogen) atoms. The second kappa shape index (κ2) is 4.72. The van der Waals surface area contributed by atoms with Crippen LogP contribution >= 0.6 is 0 Å². The fourth-order valence-electron chi connectivity index (χ4n) is 7.40. The maximum absolute atomic E-state index is 10.5. The molecule has 0 aliphatic heterocycles. The van der Waals surface area contributed by atoms with Crippen LogP contribution in [0.1, 0.15) is 78.6 Å². The molecule has 4 rings (SSSR count). The molecule has 0 bridgehead atoms. The first-order chi connectivity index (χ1) is 10.3. The standard InChI is InChI=1S/C20H34O2/c1-18(22)10-11-19(2)13(12-18)4-5-14-15-6-7-17(21)20(15,3)9-8-16(14)19/h13-17,21-22H,4-12H2,1-3H3/t13?,14-,15-,16-,17?,18?,19-,20-/m0/s1. The van der Waals surface area contributed by atoms with Crippen LogP contribution in [0.15, 0.2) is 0 Å². The summed E-state index contributed by atoms with van der Waals surface area (Å²) in [7, 11) is 0. The first kappa shape index (κ1) is 15.4. The lowest BCUT2D eigenvalue weighted by molar-refractivity contribution is -0.150. The Morgan fingerprint density at radius 3 is 2.27 bits per heavy atom. The largest absolute Gasteiger partial charge is 0.393 e. The van der Waals surface area contributed by atoms with E-state index in [4.69, 9.17) is 0 Å². The van der Waals surface area contributed by atoms with Gasteiger partial charge in [-0.3, -0.25) is 0 Å². The SMILES string of the molecule is CC1(O)CC[C@@]2(C)C(CC[C@@H]3[C@@H]2CC[C@]2(C)C(O)CC[C@@H]32)C1. The summed E-state index contributed by atoms with van der Waals surface area (Å²) in [6.07, 6.45) is 10.6. The summed E-state index contributed by atoms with van der Waals surface area (Å²) in [6.45, 7) is 6.95. The van der Waals surface area contributed by atoms with Gasteiger partial charge in [-0.25, -0.2) is 0 Å². The number of aliphatic hydroxyl groups excluding tert-OH is 1. The molecule has 0 amide bonds. The van der Waals surface area contributed by atoms with E-state index in [0.717, 1.165) is 37.0 Å². The summed E-state index contributed by atoms with van der Waals surface area (Å²) in [4.78, 5) is 0. The van der Waals surface area contributed by atoms with Crippen molar-refractivity contribution >= 4 is 0 Å².